The van der Waals surface area contributed by atoms with Gasteiger partial charge < -0.3 is 9.84 Å². The number of ether oxygens (including phenoxy) is 1. The minimum Gasteiger partial charge on any atom is -0.478 e. The number of benzene rings is 1. The molecule has 0 spiro atoms. The summed E-state index contributed by atoms with van der Waals surface area (Å²) in [6, 6.07) is 3.58. The maximum Gasteiger partial charge on any atom is 0.335 e. The number of hydrogen-bond acceptors (Lipinski definition) is 2. The van der Waals surface area contributed by atoms with E-state index in [-0.39, 0.29) is 12.2 Å². The fourth-order valence-electron chi connectivity index (χ4n) is 1.18. The van der Waals surface area contributed by atoms with Crippen molar-refractivity contribution in [1.82, 2.24) is 0 Å². The van der Waals surface area contributed by atoms with Crippen LogP contribution >= 0.6 is 0 Å². The third-order valence-corrected chi connectivity index (χ3v) is 1.86. The topological polar surface area (TPSA) is 46.5 Å². The lowest BCUT2D eigenvalue weighted by Crippen LogP contribution is -2.01. The van der Waals surface area contributed by atoms with Gasteiger partial charge in [0.25, 0.3) is 0 Å². The van der Waals surface area contributed by atoms with Crippen LogP contribution in [0.4, 0.5) is 4.39 Å². The molecular weight excluding hydrogens is 211 g/mol. The number of hydrogen-bond donors (Lipinski definition) is 1. The number of aromatic carboxylic acids is 1. The number of terminal acetylenes is 1. The first-order valence-corrected chi connectivity index (χ1v) is 4.67. The van der Waals surface area contributed by atoms with Crippen LogP contribution in [0.25, 0.3) is 0 Å². The normalized spacial score (nSPS) is 9.75. The van der Waals surface area contributed by atoms with Crippen molar-refractivity contribution >= 4 is 5.97 Å². The van der Waals surface area contributed by atoms with E-state index in [9.17, 15) is 9.18 Å². The second-order valence-electron chi connectivity index (χ2n) is 3.16. The molecule has 3 nitrogen and oxygen atoms in total. The lowest BCUT2D eigenvalue weighted by molar-refractivity contribution is 0.0695. The summed E-state index contributed by atoms with van der Waals surface area (Å²) in [7, 11) is 0. The maximum absolute atomic E-state index is 13.0. The fraction of sp³-hybridized carbons (Fsp3) is 0.250. The third kappa shape index (κ3) is 3.71. The van der Waals surface area contributed by atoms with Crippen molar-refractivity contribution in [3.63, 3.8) is 0 Å². The highest BCUT2D eigenvalue weighted by Gasteiger charge is 2.06. The van der Waals surface area contributed by atoms with Crippen LogP contribution in [0.15, 0.2) is 18.2 Å². The molecule has 1 aromatic carbocycles. The van der Waals surface area contributed by atoms with E-state index >= 15 is 0 Å². The number of carboxylic acids is 1. The summed E-state index contributed by atoms with van der Waals surface area (Å²) in [5.74, 6) is 0.652. The summed E-state index contributed by atoms with van der Waals surface area (Å²) in [6.45, 7) is 0.523. The molecule has 1 rings (SSSR count). The van der Waals surface area contributed by atoms with Crippen molar-refractivity contribution in [1.29, 1.82) is 0 Å². The van der Waals surface area contributed by atoms with Gasteiger partial charge in [0.15, 0.2) is 0 Å². The first-order chi connectivity index (χ1) is 7.63. The lowest BCUT2D eigenvalue weighted by atomic mass is 10.1. The Labute approximate surface area is 92.9 Å². The van der Waals surface area contributed by atoms with Crippen molar-refractivity contribution < 1.29 is 19.0 Å². The van der Waals surface area contributed by atoms with E-state index in [1.165, 1.54) is 12.1 Å². The van der Waals surface area contributed by atoms with Crippen LogP contribution in [0, 0.1) is 18.2 Å². The second-order valence-corrected chi connectivity index (χ2v) is 3.16. The number of carbonyl (C=O) groups is 1. The molecule has 0 aliphatic carbocycles. The summed E-state index contributed by atoms with van der Waals surface area (Å²) in [6.07, 6.45) is 5.50. The van der Waals surface area contributed by atoms with Crippen molar-refractivity contribution in [2.24, 2.45) is 0 Å². The second kappa shape index (κ2) is 5.89. The molecule has 0 aliphatic rings. The van der Waals surface area contributed by atoms with Crippen LogP contribution in [0.1, 0.15) is 22.3 Å². The predicted molar refractivity (Wildman–Crippen MR) is 56.5 cm³/mol. The molecule has 16 heavy (non-hydrogen) atoms. The van der Waals surface area contributed by atoms with Gasteiger partial charge in [-0.15, -0.1) is 12.3 Å². The van der Waals surface area contributed by atoms with Crippen LogP contribution < -0.4 is 0 Å². The minimum atomic E-state index is -1.16. The molecule has 0 aromatic heterocycles. The fourth-order valence-corrected chi connectivity index (χ4v) is 1.18. The van der Waals surface area contributed by atoms with E-state index in [1.807, 2.05) is 0 Å². The molecule has 0 saturated carbocycles. The highest BCUT2D eigenvalue weighted by atomic mass is 19.1. The SMILES string of the molecule is C#CCCOCc1cc(F)cc(C(=O)O)c1. The highest BCUT2D eigenvalue weighted by Crippen LogP contribution is 2.10. The Bertz CT molecular complexity index is 421. The summed E-state index contributed by atoms with van der Waals surface area (Å²) in [5.41, 5.74) is 0.393. The zero-order valence-corrected chi connectivity index (χ0v) is 8.57. The van der Waals surface area contributed by atoms with Gasteiger partial charge in [0.05, 0.1) is 18.8 Å². The Hall–Kier alpha value is -1.86. The van der Waals surface area contributed by atoms with E-state index in [0.29, 0.717) is 18.6 Å². The van der Waals surface area contributed by atoms with Crippen molar-refractivity contribution in [2.45, 2.75) is 13.0 Å². The van der Waals surface area contributed by atoms with Crippen LogP contribution in [0.3, 0.4) is 0 Å². The summed E-state index contributed by atoms with van der Waals surface area (Å²) < 4.78 is 18.2. The van der Waals surface area contributed by atoms with Gasteiger partial charge in [0.1, 0.15) is 5.82 Å². The van der Waals surface area contributed by atoms with Crippen LogP contribution in [-0.2, 0) is 11.3 Å². The zero-order valence-electron chi connectivity index (χ0n) is 8.57. The van der Waals surface area contributed by atoms with E-state index in [0.717, 1.165) is 6.07 Å². The molecule has 1 N–H and O–H groups in total. The molecule has 0 amide bonds. The third-order valence-electron chi connectivity index (χ3n) is 1.86. The monoisotopic (exact) mass is 222 g/mol. The summed E-state index contributed by atoms with van der Waals surface area (Å²) in [5, 5.41) is 8.71. The van der Waals surface area contributed by atoms with Gasteiger partial charge in [0, 0.05) is 6.42 Å². The Morgan fingerprint density at radius 3 is 2.88 bits per heavy atom. The largest absolute Gasteiger partial charge is 0.478 e. The maximum atomic E-state index is 13.0. The van der Waals surface area contributed by atoms with Gasteiger partial charge >= 0.3 is 5.97 Å². The molecule has 0 heterocycles. The van der Waals surface area contributed by atoms with Crippen LogP contribution in [0.2, 0.25) is 0 Å². The molecule has 0 bridgehead atoms. The summed E-state index contributed by atoms with van der Waals surface area (Å²) in [4.78, 5) is 10.6. The average molecular weight is 222 g/mol. The number of carboxylic acid groups (broad SMARTS) is 1. The predicted octanol–water partition coefficient (Wildman–Crippen LogP) is 2.06. The quantitative estimate of drug-likeness (QED) is 0.612. The Morgan fingerprint density at radius 1 is 1.50 bits per heavy atom. The van der Waals surface area contributed by atoms with Crippen molar-refractivity contribution in [3.8, 4) is 12.3 Å². The van der Waals surface area contributed by atoms with Gasteiger partial charge in [-0.05, 0) is 23.8 Å². The Morgan fingerprint density at radius 2 is 2.25 bits per heavy atom. The standard InChI is InChI=1S/C12H11FO3/c1-2-3-4-16-8-9-5-10(12(14)15)7-11(13)6-9/h1,5-7H,3-4,8H2,(H,14,15). The first kappa shape index (κ1) is 12.2. The number of rotatable bonds is 5. The molecule has 0 radical (unpaired) electrons. The molecule has 4 heteroatoms. The van der Waals surface area contributed by atoms with Crippen LogP contribution in [-0.4, -0.2) is 17.7 Å². The van der Waals surface area contributed by atoms with Crippen molar-refractivity contribution in [3.05, 3.63) is 35.1 Å². The van der Waals surface area contributed by atoms with Gasteiger partial charge in [-0.2, -0.15) is 0 Å². The first-order valence-electron chi connectivity index (χ1n) is 4.67. The summed E-state index contributed by atoms with van der Waals surface area (Å²) >= 11 is 0. The van der Waals surface area contributed by atoms with Crippen LogP contribution in [0.5, 0.6) is 0 Å². The van der Waals surface area contributed by atoms with Crippen molar-refractivity contribution in [2.75, 3.05) is 6.61 Å². The van der Waals surface area contributed by atoms with E-state index in [4.69, 9.17) is 16.3 Å². The van der Waals surface area contributed by atoms with E-state index in [1.54, 1.807) is 0 Å². The van der Waals surface area contributed by atoms with Gasteiger partial charge in [0.2, 0.25) is 0 Å². The molecular formula is C12H11FO3. The smallest absolute Gasteiger partial charge is 0.335 e. The Balaban J connectivity index is 2.66. The van der Waals surface area contributed by atoms with E-state index in [2.05, 4.69) is 5.92 Å². The molecule has 0 aliphatic heterocycles. The molecule has 84 valence electrons. The van der Waals surface area contributed by atoms with Gasteiger partial charge in [-0.1, -0.05) is 0 Å². The molecule has 0 saturated heterocycles. The molecule has 0 atom stereocenters. The minimum absolute atomic E-state index is 0.0875. The Kier molecular flexibility index (Phi) is 4.49. The number of halogens is 1. The molecule has 0 fully saturated rings. The zero-order chi connectivity index (χ0) is 12.0. The average Bonchev–Trinajstić information content (AvgIpc) is 2.23. The molecule has 0 unspecified atom stereocenters. The molecule has 1 aromatic rings. The highest BCUT2D eigenvalue weighted by molar-refractivity contribution is 5.87. The van der Waals surface area contributed by atoms with E-state index < -0.39 is 11.8 Å². The van der Waals surface area contributed by atoms with Gasteiger partial charge in [-0.3, -0.25) is 0 Å². The van der Waals surface area contributed by atoms with Gasteiger partial charge in [-0.25, -0.2) is 9.18 Å². The lowest BCUT2D eigenvalue weighted by Gasteiger charge is -2.04.